The zero-order chi connectivity index (χ0) is 24.9. The molecular weight excluding hydrogens is 466 g/mol. The predicted molar refractivity (Wildman–Crippen MR) is 132 cm³/mol. The summed E-state index contributed by atoms with van der Waals surface area (Å²) in [5, 5.41) is 0. The van der Waals surface area contributed by atoms with E-state index < -0.39 is 12.0 Å². The number of likely N-dealkylation sites (N-methyl/N-ethyl adjacent to an activating group) is 1. The number of rotatable bonds is 4. The molecule has 0 N–H and O–H groups in total. The molecule has 2 aromatic carbocycles. The summed E-state index contributed by atoms with van der Waals surface area (Å²) in [5.74, 6) is -0.133. The van der Waals surface area contributed by atoms with Crippen LogP contribution in [0.15, 0.2) is 69.6 Å². The quantitative estimate of drug-likeness (QED) is 0.524. The number of esters is 1. The lowest BCUT2D eigenvalue weighted by molar-refractivity contribution is -0.139. The lowest BCUT2D eigenvalue weighted by Gasteiger charge is -2.24. The molecule has 3 aromatic rings. The Balaban J connectivity index is 1.81. The lowest BCUT2D eigenvalue weighted by atomic mass is 9.96. The van der Waals surface area contributed by atoms with Crippen LogP contribution in [-0.4, -0.2) is 37.2 Å². The molecule has 1 aromatic heterocycles. The van der Waals surface area contributed by atoms with Gasteiger partial charge in [-0.3, -0.25) is 14.2 Å². The van der Waals surface area contributed by atoms with Gasteiger partial charge in [-0.2, -0.15) is 0 Å². The summed E-state index contributed by atoms with van der Waals surface area (Å²) < 4.78 is 12.4. The number of thiazole rings is 1. The van der Waals surface area contributed by atoms with E-state index in [0.29, 0.717) is 37.5 Å². The predicted octanol–water partition coefficient (Wildman–Crippen LogP) is 2.15. The van der Waals surface area contributed by atoms with Gasteiger partial charge in [0.25, 0.3) is 11.5 Å². The van der Waals surface area contributed by atoms with Gasteiger partial charge in [0.1, 0.15) is 10.3 Å². The van der Waals surface area contributed by atoms with E-state index in [-0.39, 0.29) is 23.6 Å². The second kappa shape index (κ2) is 8.66. The van der Waals surface area contributed by atoms with Gasteiger partial charge in [-0.15, -0.1) is 0 Å². The number of methoxy groups -OCH3 is 1. The summed E-state index contributed by atoms with van der Waals surface area (Å²) in [6.07, 6.45) is 0. The third-order valence-corrected chi connectivity index (χ3v) is 7.26. The van der Waals surface area contributed by atoms with Gasteiger partial charge in [-0.25, -0.2) is 9.79 Å². The lowest BCUT2D eigenvalue weighted by Crippen LogP contribution is -2.40. The molecule has 0 fully saturated rings. The second-order valence-electron chi connectivity index (χ2n) is 8.15. The standard InChI is InChI=1S/C26H23N3O5S/c1-5-34-25(32)19-14(2)27-26-29(21(19)15-10-12-16(33-4)13-11-15)24(31)22(35-26)20-17-8-6-7-9-18(17)28(3)23(20)30/h6-13,21H,5H2,1-4H3/b22-20-. The molecule has 1 unspecified atom stereocenters. The van der Waals surface area contributed by atoms with E-state index in [2.05, 4.69) is 4.99 Å². The third-order valence-electron chi connectivity index (χ3n) is 6.20. The van der Waals surface area contributed by atoms with Crippen LogP contribution < -0.4 is 24.5 Å². The van der Waals surface area contributed by atoms with Crippen LogP contribution in [-0.2, 0) is 14.3 Å². The monoisotopic (exact) mass is 489 g/mol. The molecule has 0 spiro atoms. The molecule has 9 heteroatoms. The number of aromatic nitrogens is 1. The van der Waals surface area contributed by atoms with Crippen molar-refractivity contribution in [3.05, 3.63) is 90.6 Å². The molecule has 3 heterocycles. The van der Waals surface area contributed by atoms with Gasteiger partial charge in [0.05, 0.1) is 42.3 Å². The molecule has 35 heavy (non-hydrogen) atoms. The van der Waals surface area contributed by atoms with Gasteiger partial charge >= 0.3 is 5.97 Å². The number of ether oxygens (including phenoxy) is 2. The molecule has 2 aliphatic heterocycles. The van der Waals surface area contributed by atoms with Crippen LogP contribution in [0.3, 0.4) is 0 Å². The maximum atomic E-state index is 13.9. The Kier molecular flexibility index (Phi) is 5.64. The van der Waals surface area contributed by atoms with Crippen molar-refractivity contribution >= 4 is 34.5 Å². The molecule has 1 amide bonds. The Labute approximate surface area is 205 Å². The number of hydrogen-bond donors (Lipinski definition) is 0. The van der Waals surface area contributed by atoms with Crippen molar-refractivity contribution in [3.8, 4) is 5.75 Å². The van der Waals surface area contributed by atoms with Gasteiger partial charge in [-0.05, 0) is 37.6 Å². The minimum absolute atomic E-state index is 0.192. The zero-order valence-corrected chi connectivity index (χ0v) is 20.5. The first-order valence-corrected chi connectivity index (χ1v) is 11.9. The Bertz CT molecular complexity index is 1580. The summed E-state index contributed by atoms with van der Waals surface area (Å²) in [4.78, 5) is 46.7. The summed E-state index contributed by atoms with van der Waals surface area (Å²) in [6.45, 7) is 3.65. The van der Waals surface area contributed by atoms with Crippen LogP contribution >= 0.6 is 11.3 Å². The number of hydrogen-bond acceptors (Lipinski definition) is 7. The molecule has 0 radical (unpaired) electrons. The highest BCUT2D eigenvalue weighted by molar-refractivity contribution is 7.07. The number of benzene rings is 2. The van der Waals surface area contributed by atoms with Crippen LogP contribution in [0.1, 0.15) is 31.0 Å². The molecule has 2 aliphatic rings. The van der Waals surface area contributed by atoms with Crippen molar-refractivity contribution < 1.29 is 19.1 Å². The molecular formula is C26H23N3O5S. The summed E-state index contributed by atoms with van der Waals surface area (Å²) in [5.41, 5.74) is 2.88. The van der Waals surface area contributed by atoms with Crippen molar-refractivity contribution in [1.29, 1.82) is 0 Å². The van der Waals surface area contributed by atoms with E-state index in [4.69, 9.17) is 9.47 Å². The normalized spacial score (nSPS) is 18.2. The summed E-state index contributed by atoms with van der Waals surface area (Å²) in [6, 6.07) is 13.8. The maximum absolute atomic E-state index is 13.9. The van der Waals surface area contributed by atoms with Gasteiger partial charge in [0.15, 0.2) is 4.80 Å². The summed E-state index contributed by atoms with van der Waals surface area (Å²) in [7, 11) is 3.26. The van der Waals surface area contributed by atoms with E-state index in [1.54, 1.807) is 45.0 Å². The average molecular weight is 490 g/mol. The number of fused-ring (bicyclic) bond motifs is 2. The first kappa shape index (κ1) is 22.8. The minimum Gasteiger partial charge on any atom is -0.497 e. The molecule has 0 saturated carbocycles. The smallest absolute Gasteiger partial charge is 0.338 e. The largest absolute Gasteiger partial charge is 0.497 e. The average Bonchev–Trinajstić information content (AvgIpc) is 3.31. The fourth-order valence-electron chi connectivity index (χ4n) is 4.53. The van der Waals surface area contributed by atoms with E-state index >= 15 is 0 Å². The third kappa shape index (κ3) is 3.50. The molecule has 0 saturated heterocycles. The number of allylic oxidation sites excluding steroid dienone is 1. The summed E-state index contributed by atoms with van der Waals surface area (Å²) >= 11 is 1.15. The van der Waals surface area contributed by atoms with Crippen LogP contribution in [0.4, 0.5) is 5.69 Å². The highest BCUT2D eigenvalue weighted by Crippen LogP contribution is 2.34. The van der Waals surface area contributed by atoms with E-state index in [1.165, 1.54) is 4.57 Å². The van der Waals surface area contributed by atoms with Crippen molar-refractivity contribution in [2.75, 3.05) is 25.7 Å². The number of amides is 1. The highest BCUT2D eigenvalue weighted by atomic mass is 32.1. The topological polar surface area (TPSA) is 90.2 Å². The fraction of sp³-hybridized carbons (Fsp3) is 0.231. The number of carbonyl (C=O) groups is 2. The minimum atomic E-state index is -0.755. The second-order valence-corrected chi connectivity index (χ2v) is 9.13. The van der Waals surface area contributed by atoms with Crippen molar-refractivity contribution in [1.82, 2.24) is 4.57 Å². The zero-order valence-electron chi connectivity index (χ0n) is 19.7. The Morgan fingerprint density at radius 3 is 2.51 bits per heavy atom. The van der Waals surface area contributed by atoms with Crippen LogP contribution in [0, 0.1) is 0 Å². The van der Waals surface area contributed by atoms with Crippen LogP contribution in [0.2, 0.25) is 0 Å². The Morgan fingerprint density at radius 1 is 1.11 bits per heavy atom. The van der Waals surface area contributed by atoms with Crippen LogP contribution in [0.25, 0.3) is 5.57 Å². The molecule has 0 bridgehead atoms. The van der Waals surface area contributed by atoms with Gasteiger partial charge in [0, 0.05) is 12.6 Å². The fourth-order valence-corrected chi connectivity index (χ4v) is 5.67. The van der Waals surface area contributed by atoms with Crippen molar-refractivity contribution in [2.24, 2.45) is 4.99 Å². The number of carbonyl (C=O) groups excluding carboxylic acids is 2. The highest BCUT2D eigenvalue weighted by Gasteiger charge is 2.36. The number of anilines is 1. The van der Waals surface area contributed by atoms with E-state index in [1.807, 2.05) is 36.4 Å². The Morgan fingerprint density at radius 2 is 1.83 bits per heavy atom. The first-order chi connectivity index (χ1) is 16.9. The number of para-hydroxylation sites is 1. The van der Waals surface area contributed by atoms with E-state index in [0.717, 1.165) is 17.0 Å². The van der Waals surface area contributed by atoms with Gasteiger partial charge < -0.3 is 14.4 Å². The Hall–Kier alpha value is -3.98. The maximum Gasteiger partial charge on any atom is 0.338 e. The van der Waals surface area contributed by atoms with Gasteiger partial charge in [-0.1, -0.05) is 41.7 Å². The molecule has 0 aliphatic carbocycles. The van der Waals surface area contributed by atoms with Gasteiger partial charge in [0.2, 0.25) is 0 Å². The molecule has 5 rings (SSSR count). The van der Waals surface area contributed by atoms with E-state index in [9.17, 15) is 14.4 Å². The van der Waals surface area contributed by atoms with Crippen molar-refractivity contribution in [3.63, 3.8) is 0 Å². The molecule has 1 atom stereocenters. The van der Waals surface area contributed by atoms with Crippen molar-refractivity contribution in [2.45, 2.75) is 19.9 Å². The molecule has 178 valence electrons. The number of nitrogens with zero attached hydrogens (tertiary/aromatic N) is 3. The van der Waals surface area contributed by atoms with Crippen LogP contribution in [0.5, 0.6) is 5.75 Å². The SMILES string of the molecule is CCOC(=O)C1=C(C)N=c2s/c(=C3\C(=O)N(C)c4ccccc43)c(=O)n2C1c1ccc(OC)cc1. The first-order valence-electron chi connectivity index (χ1n) is 11.1. The molecule has 8 nitrogen and oxygen atoms in total.